The number of para-hydroxylation sites is 1. The minimum Gasteiger partial charge on any atom is -0.377 e. The van der Waals surface area contributed by atoms with Crippen LogP contribution in [0, 0.1) is 11.6 Å². The molecule has 0 aliphatic rings. The fourth-order valence-electron chi connectivity index (χ4n) is 1.86. The van der Waals surface area contributed by atoms with E-state index in [4.69, 9.17) is 0 Å². The molecule has 0 amide bonds. The van der Waals surface area contributed by atoms with Crippen LogP contribution >= 0.6 is 0 Å². The smallest absolute Gasteiger partial charge is 0.130 e. The van der Waals surface area contributed by atoms with Crippen LogP contribution in [0.5, 0.6) is 0 Å². The Kier molecular flexibility index (Phi) is 3.95. The Morgan fingerprint density at radius 1 is 0.895 bits per heavy atom. The molecule has 2 rings (SSSR count). The van der Waals surface area contributed by atoms with Crippen LogP contribution in [0.3, 0.4) is 0 Å². The zero-order valence-corrected chi connectivity index (χ0v) is 10.9. The summed E-state index contributed by atoms with van der Waals surface area (Å²) in [5.41, 5.74) is 2.22. The molecule has 0 aliphatic carbocycles. The Hall–Kier alpha value is -2.16. The van der Waals surface area contributed by atoms with Crippen molar-refractivity contribution in [1.82, 2.24) is 0 Å². The lowest BCUT2D eigenvalue weighted by Gasteiger charge is -2.15. The van der Waals surface area contributed by atoms with Crippen LogP contribution in [0.25, 0.3) is 12.2 Å². The Morgan fingerprint density at radius 2 is 1.58 bits per heavy atom. The van der Waals surface area contributed by atoms with Crippen molar-refractivity contribution >= 4 is 17.8 Å². The highest BCUT2D eigenvalue weighted by Crippen LogP contribution is 2.21. The molecule has 19 heavy (non-hydrogen) atoms. The van der Waals surface area contributed by atoms with Gasteiger partial charge in [0.05, 0.1) is 0 Å². The van der Waals surface area contributed by atoms with Gasteiger partial charge < -0.3 is 4.90 Å². The summed E-state index contributed by atoms with van der Waals surface area (Å²) < 4.78 is 26.6. The van der Waals surface area contributed by atoms with Crippen LogP contribution < -0.4 is 4.90 Å². The number of rotatable bonds is 3. The van der Waals surface area contributed by atoms with E-state index in [0.29, 0.717) is 0 Å². The maximum Gasteiger partial charge on any atom is 0.130 e. The fraction of sp³-hybridized carbons (Fsp3) is 0.125. The summed E-state index contributed by atoms with van der Waals surface area (Å²) in [5.74, 6) is -0.873. The topological polar surface area (TPSA) is 3.24 Å². The van der Waals surface area contributed by atoms with Gasteiger partial charge in [-0.15, -0.1) is 0 Å². The molecule has 0 saturated carbocycles. The zero-order chi connectivity index (χ0) is 13.8. The molecule has 0 N–H and O–H groups in total. The highest BCUT2D eigenvalue weighted by Gasteiger charge is 2.02. The van der Waals surface area contributed by atoms with E-state index in [1.807, 2.05) is 43.3 Å². The molecule has 0 aromatic heterocycles. The van der Waals surface area contributed by atoms with Crippen LogP contribution in [0.4, 0.5) is 14.5 Å². The van der Waals surface area contributed by atoms with E-state index in [1.54, 1.807) is 12.2 Å². The first-order valence-electron chi connectivity index (χ1n) is 5.97. The van der Waals surface area contributed by atoms with Crippen molar-refractivity contribution in [2.24, 2.45) is 0 Å². The molecule has 0 aliphatic heterocycles. The summed E-state index contributed by atoms with van der Waals surface area (Å²) in [5, 5.41) is 0. The van der Waals surface area contributed by atoms with Gasteiger partial charge in [-0.25, -0.2) is 8.78 Å². The van der Waals surface area contributed by atoms with Crippen LogP contribution in [0.15, 0.2) is 42.5 Å². The Morgan fingerprint density at radius 3 is 2.32 bits per heavy atom. The van der Waals surface area contributed by atoms with Gasteiger partial charge in [-0.2, -0.15) is 0 Å². The van der Waals surface area contributed by atoms with Crippen molar-refractivity contribution in [3.63, 3.8) is 0 Å². The Labute approximate surface area is 111 Å². The SMILES string of the molecule is CN(C)c1ccccc1C=Cc1cc(F)ccc1F. The molecular weight excluding hydrogens is 244 g/mol. The average molecular weight is 259 g/mol. The second kappa shape index (κ2) is 5.65. The van der Waals surface area contributed by atoms with Gasteiger partial charge in [-0.3, -0.25) is 0 Å². The molecule has 0 fully saturated rings. The molecule has 2 aromatic rings. The first kappa shape index (κ1) is 13.3. The number of nitrogens with zero attached hydrogens (tertiary/aromatic N) is 1. The molecule has 0 unspecified atom stereocenters. The molecule has 2 aromatic carbocycles. The van der Waals surface area contributed by atoms with Crippen LogP contribution in [-0.4, -0.2) is 14.1 Å². The minimum absolute atomic E-state index is 0.244. The zero-order valence-electron chi connectivity index (χ0n) is 10.9. The highest BCUT2D eigenvalue weighted by molar-refractivity contribution is 5.77. The van der Waals surface area contributed by atoms with Crippen LogP contribution in [-0.2, 0) is 0 Å². The lowest BCUT2D eigenvalue weighted by molar-refractivity contribution is 0.598. The van der Waals surface area contributed by atoms with Crippen molar-refractivity contribution in [3.8, 4) is 0 Å². The van der Waals surface area contributed by atoms with Gasteiger partial charge in [-0.1, -0.05) is 30.4 Å². The molecule has 1 nitrogen and oxygen atoms in total. The number of hydrogen-bond acceptors (Lipinski definition) is 1. The maximum atomic E-state index is 13.5. The molecule has 0 bridgehead atoms. The van der Waals surface area contributed by atoms with Gasteiger partial charge in [0.1, 0.15) is 11.6 Å². The summed E-state index contributed by atoms with van der Waals surface area (Å²) in [4.78, 5) is 1.97. The second-order valence-corrected chi connectivity index (χ2v) is 4.45. The molecular formula is C16H15F2N. The molecule has 0 heterocycles. The van der Waals surface area contributed by atoms with Gasteiger partial charge in [0.25, 0.3) is 0 Å². The normalized spacial score (nSPS) is 10.9. The van der Waals surface area contributed by atoms with Gasteiger partial charge in [-0.05, 0) is 29.8 Å². The predicted molar refractivity (Wildman–Crippen MR) is 76.1 cm³/mol. The third-order valence-corrected chi connectivity index (χ3v) is 2.82. The van der Waals surface area contributed by atoms with Crippen molar-refractivity contribution in [1.29, 1.82) is 0 Å². The lowest BCUT2D eigenvalue weighted by Crippen LogP contribution is -2.09. The summed E-state index contributed by atoms with van der Waals surface area (Å²) in [6, 6.07) is 11.2. The second-order valence-electron chi connectivity index (χ2n) is 4.45. The standard InChI is InChI=1S/C16H15F2N/c1-19(2)16-6-4-3-5-12(16)7-8-13-11-14(17)9-10-15(13)18/h3-11H,1-2H3. The van der Waals surface area contributed by atoms with Crippen molar-refractivity contribution in [2.75, 3.05) is 19.0 Å². The van der Waals surface area contributed by atoms with Gasteiger partial charge >= 0.3 is 0 Å². The van der Waals surface area contributed by atoms with E-state index < -0.39 is 11.6 Å². The molecule has 3 heteroatoms. The van der Waals surface area contributed by atoms with Crippen molar-refractivity contribution < 1.29 is 8.78 Å². The largest absolute Gasteiger partial charge is 0.377 e. The van der Waals surface area contributed by atoms with Crippen LogP contribution in [0.1, 0.15) is 11.1 Å². The molecule has 98 valence electrons. The Balaban J connectivity index is 2.35. The minimum atomic E-state index is -0.443. The third kappa shape index (κ3) is 3.19. The molecule has 0 atom stereocenters. The van der Waals surface area contributed by atoms with Crippen LogP contribution in [0.2, 0.25) is 0 Å². The average Bonchev–Trinajstić information content (AvgIpc) is 2.40. The third-order valence-electron chi connectivity index (χ3n) is 2.82. The van der Waals surface area contributed by atoms with E-state index in [1.165, 1.54) is 6.07 Å². The van der Waals surface area contributed by atoms with Crippen molar-refractivity contribution in [3.05, 3.63) is 65.2 Å². The van der Waals surface area contributed by atoms with E-state index in [-0.39, 0.29) is 5.56 Å². The number of benzene rings is 2. The quantitative estimate of drug-likeness (QED) is 0.747. The highest BCUT2D eigenvalue weighted by atomic mass is 19.1. The molecule has 0 spiro atoms. The van der Waals surface area contributed by atoms with E-state index in [9.17, 15) is 8.78 Å². The summed E-state index contributed by atoms with van der Waals surface area (Å²) in [6.45, 7) is 0. The van der Waals surface area contributed by atoms with Gasteiger partial charge in [0.15, 0.2) is 0 Å². The fourth-order valence-corrected chi connectivity index (χ4v) is 1.86. The summed E-state index contributed by atoms with van der Waals surface area (Å²) in [6.07, 6.45) is 3.37. The van der Waals surface area contributed by atoms with E-state index in [2.05, 4.69) is 0 Å². The maximum absolute atomic E-state index is 13.5. The lowest BCUT2D eigenvalue weighted by atomic mass is 10.1. The van der Waals surface area contributed by atoms with E-state index >= 15 is 0 Å². The van der Waals surface area contributed by atoms with Crippen molar-refractivity contribution in [2.45, 2.75) is 0 Å². The number of halogens is 2. The van der Waals surface area contributed by atoms with E-state index in [0.717, 1.165) is 23.4 Å². The molecule has 0 radical (unpaired) electrons. The molecule has 0 saturated heterocycles. The summed E-state index contributed by atoms with van der Waals surface area (Å²) >= 11 is 0. The first-order chi connectivity index (χ1) is 9.08. The Bertz CT molecular complexity index is 603. The number of anilines is 1. The summed E-state index contributed by atoms with van der Waals surface area (Å²) in [7, 11) is 3.88. The predicted octanol–water partition coefficient (Wildman–Crippen LogP) is 4.20. The monoisotopic (exact) mass is 259 g/mol. The van der Waals surface area contributed by atoms with Gasteiger partial charge in [0.2, 0.25) is 0 Å². The number of hydrogen-bond donors (Lipinski definition) is 0. The van der Waals surface area contributed by atoms with Gasteiger partial charge in [0, 0.05) is 25.3 Å². The first-order valence-corrected chi connectivity index (χ1v) is 5.97.